The van der Waals surface area contributed by atoms with Crippen molar-refractivity contribution < 1.29 is 0 Å². The summed E-state index contributed by atoms with van der Waals surface area (Å²) in [6.45, 7) is 2.36. The number of hydrogen-bond donors (Lipinski definition) is 0. The molecule has 1 aromatic carbocycles. The maximum Gasteiger partial charge on any atom is 0.125 e. The van der Waals surface area contributed by atoms with Crippen LogP contribution in [0, 0.1) is 3.57 Å². The standard InChI is InChI=1S/C15H18ClIN2/c1-15(7-3-2-4-8-15)19-13-6-5-11(17)9-12(13)18-14(19)10-16/h5-6,9H,2-4,7-8,10H2,1H3. The molecule has 0 radical (unpaired) electrons. The SMILES string of the molecule is CC1(n2c(CCl)nc3cc(I)ccc32)CCCCC1. The summed E-state index contributed by atoms with van der Waals surface area (Å²) in [5, 5.41) is 0. The molecule has 102 valence electrons. The summed E-state index contributed by atoms with van der Waals surface area (Å²) in [5.74, 6) is 1.50. The average Bonchev–Trinajstić information content (AvgIpc) is 2.77. The summed E-state index contributed by atoms with van der Waals surface area (Å²) in [4.78, 5) is 4.74. The first-order chi connectivity index (χ1) is 9.14. The van der Waals surface area contributed by atoms with E-state index in [4.69, 9.17) is 16.6 Å². The lowest BCUT2D eigenvalue weighted by Crippen LogP contribution is -2.33. The van der Waals surface area contributed by atoms with Crippen molar-refractivity contribution in [2.75, 3.05) is 0 Å². The van der Waals surface area contributed by atoms with Crippen molar-refractivity contribution in [2.24, 2.45) is 0 Å². The molecule has 1 aliphatic rings. The Morgan fingerprint density at radius 2 is 2.05 bits per heavy atom. The lowest BCUT2D eigenvalue weighted by Gasteiger charge is -2.36. The predicted molar refractivity (Wildman–Crippen MR) is 88.7 cm³/mol. The van der Waals surface area contributed by atoms with E-state index in [-0.39, 0.29) is 5.54 Å². The second-order valence-electron chi connectivity index (χ2n) is 5.69. The van der Waals surface area contributed by atoms with Gasteiger partial charge in [-0.2, -0.15) is 0 Å². The van der Waals surface area contributed by atoms with Crippen molar-refractivity contribution in [3.8, 4) is 0 Å². The van der Waals surface area contributed by atoms with Gasteiger partial charge < -0.3 is 4.57 Å². The molecular formula is C15H18ClIN2. The minimum Gasteiger partial charge on any atom is -0.321 e. The van der Waals surface area contributed by atoms with Gasteiger partial charge >= 0.3 is 0 Å². The number of halogens is 2. The zero-order chi connectivity index (χ0) is 13.5. The molecule has 1 fully saturated rings. The molecule has 1 heterocycles. The molecule has 4 heteroatoms. The summed E-state index contributed by atoms with van der Waals surface area (Å²) >= 11 is 8.48. The van der Waals surface area contributed by atoms with Gasteiger partial charge in [-0.15, -0.1) is 11.6 Å². The Morgan fingerprint density at radius 1 is 1.32 bits per heavy atom. The number of nitrogens with zero attached hydrogens (tertiary/aromatic N) is 2. The van der Waals surface area contributed by atoms with Crippen LogP contribution in [0.4, 0.5) is 0 Å². The summed E-state index contributed by atoms with van der Waals surface area (Å²) in [5.41, 5.74) is 2.50. The van der Waals surface area contributed by atoms with Crippen LogP contribution in [0.2, 0.25) is 0 Å². The van der Waals surface area contributed by atoms with E-state index >= 15 is 0 Å². The molecule has 0 spiro atoms. The highest BCUT2D eigenvalue weighted by atomic mass is 127. The Hall–Kier alpha value is -0.290. The number of hydrogen-bond acceptors (Lipinski definition) is 1. The molecule has 0 bridgehead atoms. The number of alkyl halides is 1. The first-order valence-corrected chi connectivity index (χ1v) is 8.49. The molecule has 0 unspecified atom stereocenters. The van der Waals surface area contributed by atoms with Crippen LogP contribution in [0.15, 0.2) is 18.2 Å². The smallest absolute Gasteiger partial charge is 0.125 e. The number of fused-ring (bicyclic) bond motifs is 1. The van der Waals surface area contributed by atoms with E-state index in [0.717, 1.165) is 11.3 Å². The molecule has 3 rings (SSSR count). The number of aromatic nitrogens is 2. The summed E-state index contributed by atoms with van der Waals surface area (Å²) < 4.78 is 3.63. The summed E-state index contributed by atoms with van der Waals surface area (Å²) in [7, 11) is 0. The van der Waals surface area contributed by atoms with Crippen LogP contribution >= 0.6 is 34.2 Å². The van der Waals surface area contributed by atoms with Crippen LogP contribution in [0.3, 0.4) is 0 Å². The first kappa shape index (κ1) is 13.7. The molecule has 2 aromatic rings. The molecule has 19 heavy (non-hydrogen) atoms. The maximum atomic E-state index is 6.14. The van der Waals surface area contributed by atoms with E-state index in [2.05, 4.69) is 52.3 Å². The molecule has 0 N–H and O–H groups in total. The predicted octanol–water partition coefficient (Wildman–Crippen LogP) is 5.06. The van der Waals surface area contributed by atoms with Gasteiger partial charge in [0, 0.05) is 9.11 Å². The molecular weight excluding hydrogens is 371 g/mol. The van der Waals surface area contributed by atoms with E-state index in [0.29, 0.717) is 5.88 Å². The maximum absolute atomic E-state index is 6.14. The van der Waals surface area contributed by atoms with Gasteiger partial charge in [0.25, 0.3) is 0 Å². The highest BCUT2D eigenvalue weighted by Gasteiger charge is 2.32. The van der Waals surface area contributed by atoms with Crippen molar-refractivity contribution in [1.82, 2.24) is 9.55 Å². The van der Waals surface area contributed by atoms with Crippen LogP contribution in [-0.4, -0.2) is 9.55 Å². The van der Waals surface area contributed by atoms with Gasteiger partial charge in [-0.25, -0.2) is 4.98 Å². The van der Waals surface area contributed by atoms with Crippen LogP contribution in [0.1, 0.15) is 44.9 Å². The van der Waals surface area contributed by atoms with Gasteiger partial charge in [0.05, 0.1) is 16.9 Å². The van der Waals surface area contributed by atoms with Crippen molar-refractivity contribution >= 4 is 45.2 Å². The second-order valence-corrected chi connectivity index (χ2v) is 7.20. The minimum absolute atomic E-state index is 0.185. The zero-order valence-corrected chi connectivity index (χ0v) is 14.0. The van der Waals surface area contributed by atoms with E-state index in [9.17, 15) is 0 Å². The highest BCUT2D eigenvalue weighted by molar-refractivity contribution is 14.1. The van der Waals surface area contributed by atoms with E-state index in [1.54, 1.807) is 0 Å². The quantitative estimate of drug-likeness (QED) is 0.519. The molecule has 0 saturated heterocycles. The highest BCUT2D eigenvalue weighted by Crippen LogP contribution is 2.38. The first-order valence-electron chi connectivity index (χ1n) is 6.87. The fourth-order valence-electron chi connectivity index (χ4n) is 3.33. The Balaban J connectivity index is 2.20. The van der Waals surface area contributed by atoms with E-state index in [1.165, 1.54) is 41.2 Å². The molecule has 0 amide bonds. The van der Waals surface area contributed by atoms with E-state index in [1.807, 2.05) is 0 Å². The average molecular weight is 389 g/mol. The Labute approximate surface area is 132 Å². The lowest BCUT2D eigenvalue weighted by molar-refractivity contribution is 0.220. The second kappa shape index (κ2) is 5.24. The van der Waals surface area contributed by atoms with Gasteiger partial charge in [0.2, 0.25) is 0 Å². The fourth-order valence-corrected chi connectivity index (χ4v) is 3.99. The molecule has 1 aromatic heterocycles. The zero-order valence-electron chi connectivity index (χ0n) is 11.1. The summed E-state index contributed by atoms with van der Waals surface area (Å²) in [6, 6.07) is 6.50. The summed E-state index contributed by atoms with van der Waals surface area (Å²) in [6.07, 6.45) is 6.43. The van der Waals surface area contributed by atoms with Crippen LogP contribution in [-0.2, 0) is 11.4 Å². The third-order valence-electron chi connectivity index (χ3n) is 4.28. The third kappa shape index (κ3) is 2.40. The number of rotatable bonds is 2. The molecule has 1 saturated carbocycles. The van der Waals surface area contributed by atoms with Gasteiger partial charge in [0.15, 0.2) is 0 Å². The van der Waals surface area contributed by atoms with Crippen molar-refractivity contribution in [3.63, 3.8) is 0 Å². The Bertz CT molecular complexity index is 599. The monoisotopic (exact) mass is 388 g/mol. The Morgan fingerprint density at radius 3 is 2.74 bits per heavy atom. The van der Waals surface area contributed by atoms with Gasteiger partial charge in [-0.05, 0) is 60.6 Å². The fraction of sp³-hybridized carbons (Fsp3) is 0.533. The Kier molecular flexibility index (Phi) is 3.78. The topological polar surface area (TPSA) is 17.8 Å². The van der Waals surface area contributed by atoms with Crippen molar-refractivity contribution in [2.45, 2.75) is 50.4 Å². The number of imidazole rings is 1. The minimum atomic E-state index is 0.185. The van der Waals surface area contributed by atoms with Crippen molar-refractivity contribution in [1.29, 1.82) is 0 Å². The lowest BCUT2D eigenvalue weighted by atomic mass is 9.83. The van der Waals surface area contributed by atoms with Gasteiger partial charge in [-0.1, -0.05) is 19.3 Å². The third-order valence-corrected chi connectivity index (χ3v) is 5.19. The largest absolute Gasteiger partial charge is 0.321 e. The van der Waals surface area contributed by atoms with Crippen LogP contribution < -0.4 is 0 Å². The van der Waals surface area contributed by atoms with Gasteiger partial charge in [0.1, 0.15) is 5.82 Å². The normalized spacial score (nSPS) is 18.9. The number of benzene rings is 1. The molecule has 0 aliphatic heterocycles. The van der Waals surface area contributed by atoms with E-state index < -0.39 is 0 Å². The van der Waals surface area contributed by atoms with Crippen molar-refractivity contribution in [3.05, 3.63) is 27.6 Å². The van der Waals surface area contributed by atoms with Gasteiger partial charge in [-0.3, -0.25) is 0 Å². The van der Waals surface area contributed by atoms with Crippen LogP contribution in [0.5, 0.6) is 0 Å². The van der Waals surface area contributed by atoms with Crippen LogP contribution in [0.25, 0.3) is 11.0 Å². The molecule has 0 atom stereocenters. The molecule has 2 nitrogen and oxygen atoms in total. The molecule has 1 aliphatic carbocycles.